The molecule has 0 aliphatic carbocycles. The first-order chi connectivity index (χ1) is 9.97. The van der Waals surface area contributed by atoms with E-state index in [2.05, 4.69) is 15.9 Å². The van der Waals surface area contributed by atoms with Crippen LogP contribution in [0.5, 0.6) is 11.5 Å². The molecule has 0 amide bonds. The van der Waals surface area contributed by atoms with Crippen molar-refractivity contribution < 1.29 is 14.3 Å². The smallest absolute Gasteiger partial charge is 0.193 e. The summed E-state index contributed by atoms with van der Waals surface area (Å²) in [4.78, 5) is 12.8. The SMILES string of the molecule is COc1cc(C)c(C(=O)c2cc(Br)ccc2C)cc1OC. The summed E-state index contributed by atoms with van der Waals surface area (Å²) in [6.07, 6.45) is 0. The van der Waals surface area contributed by atoms with Crippen molar-refractivity contribution in [3.8, 4) is 11.5 Å². The normalized spacial score (nSPS) is 10.3. The first-order valence-corrected chi connectivity index (χ1v) is 7.30. The van der Waals surface area contributed by atoms with Crippen LogP contribution in [-0.4, -0.2) is 20.0 Å². The highest BCUT2D eigenvalue weighted by atomic mass is 79.9. The van der Waals surface area contributed by atoms with Crippen LogP contribution in [0.15, 0.2) is 34.8 Å². The number of halogens is 1. The quantitative estimate of drug-likeness (QED) is 0.772. The number of carbonyl (C=O) groups is 1. The maximum Gasteiger partial charge on any atom is 0.193 e. The van der Waals surface area contributed by atoms with E-state index in [1.807, 2.05) is 38.1 Å². The van der Waals surface area contributed by atoms with Crippen LogP contribution in [0.3, 0.4) is 0 Å². The average molecular weight is 349 g/mol. The highest BCUT2D eigenvalue weighted by Crippen LogP contribution is 2.32. The van der Waals surface area contributed by atoms with Gasteiger partial charge in [-0.05, 0) is 49.2 Å². The number of ether oxygens (including phenoxy) is 2. The van der Waals surface area contributed by atoms with Crippen LogP contribution in [0.25, 0.3) is 0 Å². The van der Waals surface area contributed by atoms with E-state index in [1.54, 1.807) is 20.3 Å². The van der Waals surface area contributed by atoms with Gasteiger partial charge in [-0.2, -0.15) is 0 Å². The van der Waals surface area contributed by atoms with Gasteiger partial charge in [0.05, 0.1) is 14.2 Å². The summed E-state index contributed by atoms with van der Waals surface area (Å²) >= 11 is 3.41. The standard InChI is InChI=1S/C17H17BrO3/c1-10-5-6-12(18)8-13(10)17(19)14-9-16(21-4)15(20-3)7-11(14)2/h5-9H,1-4H3. The number of methoxy groups -OCH3 is 2. The van der Waals surface area contributed by atoms with Gasteiger partial charge in [-0.25, -0.2) is 0 Å². The Balaban J connectivity index is 2.55. The van der Waals surface area contributed by atoms with Crippen molar-refractivity contribution in [2.75, 3.05) is 14.2 Å². The van der Waals surface area contributed by atoms with Gasteiger partial charge < -0.3 is 9.47 Å². The van der Waals surface area contributed by atoms with Gasteiger partial charge in [0.25, 0.3) is 0 Å². The Morgan fingerprint density at radius 3 is 2.10 bits per heavy atom. The van der Waals surface area contributed by atoms with E-state index in [1.165, 1.54) is 0 Å². The molecule has 0 atom stereocenters. The van der Waals surface area contributed by atoms with E-state index in [0.29, 0.717) is 22.6 Å². The molecular formula is C17H17BrO3. The van der Waals surface area contributed by atoms with Crippen molar-refractivity contribution >= 4 is 21.7 Å². The molecular weight excluding hydrogens is 332 g/mol. The molecule has 4 heteroatoms. The lowest BCUT2D eigenvalue weighted by molar-refractivity contribution is 0.103. The Bertz CT molecular complexity index is 693. The maximum atomic E-state index is 12.8. The van der Waals surface area contributed by atoms with Gasteiger partial charge in [0.1, 0.15) is 0 Å². The van der Waals surface area contributed by atoms with Gasteiger partial charge >= 0.3 is 0 Å². The highest BCUT2D eigenvalue weighted by Gasteiger charge is 2.17. The fraction of sp³-hybridized carbons (Fsp3) is 0.235. The zero-order valence-corrected chi connectivity index (χ0v) is 14.1. The molecule has 2 rings (SSSR count). The van der Waals surface area contributed by atoms with Crippen LogP contribution >= 0.6 is 15.9 Å². The van der Waals surface area contributed by atoms with Crippen LogP contribution in [-0.2, 0) is 0 Å². The number of ketones is 1. The second-order valence-electron chi connectivity index (χ2n) is 4.81. The molecule has 0 spiro atoms. The van der Waals surface area contributed by atoms with Crippen LogP contribution in [0.4, 0.5) is 0 Å². The van der Waals surface area contributed by atoms with Gasteiger partial charge in [0.15, 0.2) is 17.3 Å². The Labute approximate surface area is 133 Å². The zero-order valence-electron chi connectivity index (χ0n) is 12.5. The summed E-state index contributed by atoms with van der Waals surface area (Å²) in [6.45, 7) is 3.82. The molecule has 0 aliphatic rings. The molecule has 0 bridgehead atoms. The molecule has 0 fully saturated rings. The van der Waals surface area contributed by atoms with Crippen molar-refractivity contribution in [1.29, 1.82) is 0 Å². The Morgan fingerprint density at radius 2 is 1.48 bits per heavy atom. The van der Waals surface area contributed by atoms with Gasteiger partial charge in [-0.15, -0.1) is 0 Å². The molecule has 2 aromatic carbocycles. The summed E-state index contributed by atoms with van der Waals surface area (Å²) in [6, 6.07) is 9.24. The third kappa shape index (κ3) is 3.10. The fourth-order valence-corrected chi connectivity index (χ4v) is 2.57. The number of aryl methyl sites for hydroxylation is 2. The number of hydrogen-bond acceptors (Lipinski definition) is 3. The number of carbonyl (C=O) groups excluding carboxylic acids is 1. The summed E-state index contributed by atoms with van der Waals surface area (Å²) in [7, 11) is 3.14. The van der Waals surface area contributed by atoms with Gasteiger partial charge in [-0.1, -0.05) is 22.0 Å². The number of hydrogen-bond donors (Lipinski definition) is 0. The van der Waals surface area contributed by atoms with Crippen LogP contribution in [0.1, 0.15) is 27.0 Å². The molecule has 0 aromatic heterocycles. The van der Waals surface area contributed by atoms with Crippen molar-refractivity contribution in [3.63, 3.8) is 0 Å². The average Bonchev–Trinajstić information content (AvgIpc) is 2.48. The van der Waals surface area contributed by atoms with Crippen molar-refractivity contribution in [3.05, 3.63) is 57.1 Å². The van der Waals surface area contributed by atoms with E-state index < -0.39 is 0 Å². The molecule has 0 N–H and O–H groups in total. The second kappa shape index (κ2) is 6.31. The van der Waals surface area contributed by atoms with Gasteiger partial charge in [0, 0.05) is 15.6 Å². The second-order valence-corrected chi connectivity index (χ2v) is 5.73. The van der Waals surface area contributed by atoms with Crippen molar-refractivity contribution in [2.24, 2.45) is 0 Å². The van der Waals surface area contributed by atoms with E-state index in [4.69, 9.17) is 9.47 Å². The summed E-state index contributed by atoms with van der Waals surface area (Å²) < 4.78 is 11.4. The number of rotatable bonds is 4. The topological polar surface area (TPSA) is 35.5 Å². The largest absolute Gasteiger partial charge is 0.493 e. The molecule has 110 valence electrons. The minimum Gasteiger partial charge on any atom is -0.493 e. The van der Waals surface area contributed by atoms with Crippen LogP contribution in [0, 0.1) is 13.8 Å². The molecule has 0 radical (unpaired) electrons. The van der Waals surface area contributed by atoms with E-state index >= 15 is 0 Å². The molecule has 21 heavy (non-hydrogen) atoms. The molecule has 0 heterocycles. The summed E-state index contributed by atoms with van der Waals surface area (Å²) in [5, 5.41) is 0. The molecule has 0 aliphatic heterocycles. The lowest BCUT2D eigenvalue weighted by atomic mass is 9.95. The van der Waals surface area contributed by atoms with Crippen molar-refractivity contribution in [2.45, 2.75) is 13.8 Å². The Hall–Kier alpha value is -1.81. The van der Waals surface area contributed by atoms with Gasteiger partial charge in [-0.3, -0.25) is 4.79 Å². The molecule has 0 saturated heterocycles. The lowest BCUT2D eigenvalue weighted by Crippen LogP contribution is -2.07. The van der Waals surface area contributed by atoms with Gasteiger partial charge in [0.2, 0.25) is 0 Å². The fourth-order valence-electron chi connectivity index (χ4n) is 2.21. The molecule has 0 unspecified atom stereocenters. The minimum atomic E-state index is -0.0211. The molecule has 3 nitrogen and oxygen atoms in total. The third-order valence-corrected chi connectivity index (χ3v) is 3.91. The van der Waals surface area contributed by atoms with Crippen molar-refractivity contribution in [1.82, 2.24) is 0 Å². The summed E-state index contributed by atoms with van der Waals surface area (Å²) in [5.74, 6) is 1.16. The minimum absolute atomic E-state index is 0.0211. The lowest BCUT2D eigenvalue weighted by Gasteiger charge is -2.13. The van der Waals surface area contributed by atoms with Crippen LogP contribution < -0.4 is 9.47 Å². The van der Waals surface area contributed by atoms with E-state index in [0.717, 1.165) is 15.6 Å². The molecule has 0 saturated carbocycles. The molecule has 2 aromatic rings. The highest BCUT2D eigenvalue weighted by molar-refractivity contribution is 9.10. The monoisotopic (exact) mass is 348 g/mol. The first-order valence-electron chi connectivity index (χ1n) is 6.51. The number of benzene rings is 2. The third-order valence-electron chi connectivity index (χ3n) is 3.42. The first kappa shape index (κ1) is 15.6. The predicted octanol–water partition coefficient (Wildman–Crippen LogP) is 4.31. The Morgan fingerprint density at radius 1 is 0.905 bits per heavy atom. The van der Waals surface area contributed by atoms with E-state index in [-0.39, 0.29) is 5.78 Å². The zero-order chi connectivity index (χ0) is 15.6. The maximum absolute atomic E-state index is 12.8. The van der Waals surface area contributed by atoms with E-state index in [9.17, 15) is 4.79 Å². The Kier molecular flexibility index (Phi) is 4.68. The summed E-state index contributed by atoms with van der Waals surface area (Å²) in [5.41, 5.74) is 3.10. The van der Waals surface area contributed by atoms with Crippen LogP contribution in [0.2, 0.25) is 0 Å². The predicted molar refractivity (Wildman–Crippen MR) is 86.6 cm³/mol.